The lowest BCUT2D eigenvalue weighted by molar-refractivity contribution is 0.160. The molecule has 1 unspecified atom stereocenters. The van der Waals surface area contributed by atoms with Crippen molar-refractivity contribution in [2.24, 2.45) is 5.73 Å². The summed E-state index contributed by atoms with van der Waals surface area (Å²) in [7, 11) is 0. The molecule has 7 heteroatoms. The van der Waals surface area contributed by atoms with Crippen molar-refractivity contribution in [1.29, 1.82) is 0 Å². The average Bonchev–Trinajstić information content (AvgIpc) is 3.23. The van der Waals surface area contributed by atoms with Gasteiger partial charge < -0.3 is 20.6 Å². The highest BCUT2D eigenvalue weighted by molar-refractivity contribution is 5.83. The summed E-state index contributed by atoms with van der Waals surface area (Å²) in [5.41, 5.74) is 8.41. The zero-order valence-electron chi connectivity index (χ0n) is 12.6. The zero-order valence-corrected chi connectivity index (χ0v) is 12.6. The van der Waals surface area contributed by atoms with Gasteiger partial charge in [-0.3, -0.25) is 0 Å². The number of hydrogen-bond acceptors (Lipinski definition) is 3. The monoisotopic (exact) mass is 310 g/mol. The second-order valence-corrected chi connectivity index (χ2v) is 5.81. The SMILES string of the molecule is NC(=O)N1CCCCC1c1cccc2[nH]c(-c3ncc[nH]3)nc12. The van der Waals surface area contributed by atoms with Gasteiger partial charge in [0.25, 0.3) is 0 Å². The van der Waals surface area contributed by atoms with Crippen molar-refractivity contribution in [2.75, 3.05) is 6.54 Å². The number of fused-ring (bicyclic) bond motifs is 1. The summed E-state index contributed by atoms with van der Waals surface area (Å²) in [6.07, 6.45) is 6.44. The molecule has 7 nitrogen and oxygen atoms in total. The fourth-order valence-corrected chi connectivity index (χ4v) is 3.35. The van der Waals surface area contributed by atoms with Gasteiger partial charge in [0.1, 0.15) is 0 Å². The fourth-order valence-electron chi connectivity index (χ4n) is 3.35. The number of primary amides is 1. The van der Waals surface area contributed by atoms with Crippen molar-refractivity contribution in [3.05, 3.63) is 36.2 Å². The molecule has 118 valence electrons. The van der Waals surface area contributed by atoms with E-state index in [9.17, 15) is 4.79 Å². The summed E-state index contributed by atoms with van der Waals surface area (Å²) in [5.74, 6) is 1.39. The van der Waals surface area contributed by atoms with Crippen LogP contribution in [0.2, 0.25) is 0 Å². The van der Waals surface area contributed by atoms with Gasteiger partial charge in [0.15, 0.2) is 11.6 Å². The van der Waals surface area contributed by atoms with Crippen LogP contribution in [-0.4, -0.2) is 37.4 Å². The van der Waals surface area contributed by atoms with E-state index >= 15 is 0 Å². The number of benzene rings is 1. The smallest absolute Gasteiger partial charge is 0.315 e. The van der Waals surface area contributed by atoms with Crippen molar-refractivity contribution in [3.8, 4) is 11.6 Å². The third-order valence-electron chi connectivity index (χ3n) is 4.41. The van der Waals surface area contributed by atoms with Crippen molar-refractivity contribution >= 4 is 17.1 Å². The van der Waals surface area contributed by atoms with Crippen molar-refractivity contribution in [1.82, 2.24) is 24.8 Å². The summed E-state index contributed by atoms with van der Waals surface area (Å²) < 4.78 is 0. The molecule has 23 heavy (non-hydrogen) atoms. The lowest BCUT2D eigenvalue weighted by atomic mass is 9.94. The highest BCUT2D eigenvalue weighted by Crippen LogP contribution is 2.34. The number of rotatable bonds is 2. The van der Waals surface area contributed by atoms with Gasteiger partial charge in [-0.25, -0.2) is 14.8 Å². The molecule has 2 aromatic heterocycles. The van der Waals surface area contributed by atoms with E-state index in [-0.39, 0.29) is 12.1 Å². The Kier molecular flexibility index (Phi) is 3.25. The molecule has 4 rings (SSSR count). The molecule has 1 aromatic carbocycles. The average molecular weight is 310 g/mol. The Morgan fingerprint density at radius 3 is 3.00 bits per heavy atom. The van der Waals surface area contributed by atoms with Gasteiger partial charge >= 0.3 is 6.03 Å². The van der Waals surface area contributed by atoms with E-state index < -0.39 is 0 Å². The minimum Gasteiger partial charge on any atom is -0.351 e. The van der Waals surface area contributed by atoms with Crippen LogP contribution in [0.4, 0.5) is 4.79 Å². The van der Waals surface area contributed by atoms with Crippen LogP contribution in [0.1, 0.15) is 30.9 Å². The van der Waals surface area contributed by atoms with Crippen LogP contribution in [0.25, 0.3) is 22.7 Å². The number of nitrogens with two attached hydrogens (primary N) is 1. The molecule has 3 heterocycles. The van der Waals surface area contributed by atoms with Gasteiger partial charge in [0, 0.05) is 24.5 Å². The lowest BCUT2D eigenvalue weighted by Gasteiger charge is -2.34. The minimum atomic E-state index is -0.367. The number of carbonyl (C=O) groups excluding carboxylic acids is 1. The molecule has 0 radical (unpaired) electrons. The highest BCUT2D eigenvalue weighted by Gasteiger charge is 2.28. The topological polar surface area (TPSA) is 104 Å². The Balaban J connectivity index is 1.81. The Morgan fingerprint density at radius 2 is 2.22 bits per heavy atom. The normalized spacial score (nSPS) is 18.4. The van der Waals surface area contributed by atoms with Gasteiger partial charge in [-0.1, -0.05) is 12.1 Å². The van der Waals surface area contributed by atoms with E-state index in [1.807, 2.05) is 18.2 Å². The number of carbonyl (C=O) groups is 1. The molecule has 0 aliphatic carbocycles. The van der Waals surface area contributed by atoms with Crippen LogP contribution >= 0.6 is 0 Å². The van der Waals surface area contributed by atoms with Crippen molar-refractivity contribution < 1.29 is 4.79 Å². The molecule has 1 atom stereocenters. The number of hydrogen-bond donors (Lipinski definition) is 3. The molecule has 3 aromatic rings. The highest BCUT2D eigenvalue weighted by atomic mass is 16.2. The first-order chi connectivity index (χ1) is 11.2. The summed E-state index contributed by atoms with van der Waals surface area (Å²) >= 11 is 0. The number of para-hydroxylation sites is 1. The number of nitrogens with zero attached hydrogens (tertiary/aromatic N) is 3. The van der Waals surface area contributed by atoms with Gasteiger partial charge in [0.2, 0.25) is 0 Å². The van der Waals surface area contributed by atoms with Gasteiger partial charge in [-0.2, -0.15) is 0 Å². The number of piperidine rings is 1. The Morgan fingerprint density at radius 1 is 1.30 bits per heavy atom. The van der Waals surface area contributed by atoms with Crippen molar-refractivity contribution in [2.45, 2.75) is 25.3 Å². The predicted octanol–water partition coefficient (Wildman–Crippen LogP) is 2.56. The van der Waals surface area contributed by atoms with Crippen LogP contribution in [0.3, 0.4) is 0 Å². The van der Waals surface area contributed by atoms with Gasteiger partial charge in [0.05, 0.1) is 17.1 Å². The molecule has 1 aliphatic rings. The predicted molar refractivity (Wildman–Crippen MR) is 86.6 cm³/mol. The largest absolute Gasteiger partial charge is 0.351 e. The summed E-state index contributed by atoms with van der Waals surface area (Å²) in [6.45, 7) is 0.700. The molecule has 1 fully saturated rings. The fraction of sp³-hybridized carbons (Fsp3) is 0.312. The third-order valence-corrected chi connectivity index (χ3v) is 4.41. The molecular formula is C16H18N6O. The first-order valence-corrected chi connectivity index (χ1v) is 7.78. The molecule has 0 bridgehead atoms. The molecule has 0 saturated carbocycles. The van der Waals surface area contributed by atoms with Gasteiger partial charge in [-0.15, -0.1) is 0 Å². The summed E-state index contributed by atoms with van der Waals surface area (Å²) in [5, 5.41) is 0. The number of aromatic nitrogens is 4. The van der Waals surface area contributed by atoms with E-state index in [4.69, 9.17) is 10.7 Å². The molecule has 2 amide bonds. The lowest BCUT2D eigenvalue weighted by Crippen LogP contribution is -2.41. The molecule has 1 saturated heterocycles. The minimum absolute atomic E-state index is 0.0160. The van der Waals surface area contributed by atoms with Crippen LogP contribution in [0.15, 0.2) is 30.6 Å². The maximum atomic E-state index is 11.8. The standard InChI is InChI=1S/C16H18N6O/c17-16(23)22-9-2-1-6-12(22)10-4-3-5-11-13(10)21-15(20-11)14-18-7-8-19-14/h3-5,7-8,12H,1-2,6,9H2,(H2,17,23)(H,18,19)(H,20,21). The molecule has 1 aliphatic heterocycles. The Labute approximate surface area is 132 Å². The summed E-state index contributed by atoms with van der Waals surface area (Å²) in [4.78, 5) is 28.8. The summed E-state index contributed by atoms with van der Waals surface area (Å²) in [6, 6.07) is 5.61. The maximum Gasteiger partial charge on any atom is 0.315 e. The van der Waals surface area contributed by atoms with Crippen LogP contribution in [0.5, 0.6) is 0 Å². The molecular weight excluding hydrogens is 292 g/mol. The number of H-pyrrole nitrogens is 2. The Hall–Kier alpha value is -2.83. The number of aromatic amines is 2. The Bertz CT molecular complexity index is 838. The molecule has 0 spiro atoms. The first kappa shape index (κ1) is 13.8. The number of imidazole rings is 2. The van der Waals surface area contributed by atoms with Gasteiger partial charge in [-0.05, 0) is 25.3 Å². The van der Waals surface area contributed by atoms with Crippen LogP contribution in [-0.2, 0) is 0 Å². The zero-order chi connectivity index (χ0) is 15.8. The number of nitrogens with one attached hydrogen (secondary N) is 2. The number of urea groups is 1. The third kappa shape index (κ3) is 2.34. The maximum absolute atomic E-state index is 11.8. The quantitative estimate of drug-likeness (QED) is 0.677. The van der Waals surface area contributed by atoms with E-state index in [0.29, 0.717) is 18.2 Å². The van der Waals surface area contributed by atoms with E-state index in [2.05, 4.69) is 15.0 Å². The van der Waals surface area contributed by atoms with Crippen LogP contribution < -0.4 is 5.73 Å². The number of likely N-dealkylation sites (tertiary alicyclic amines) is 1. The van der Waals surface area contributed by atoms with E-state index in [1.165, 1.54) is 0 Å². The first-order valence-electron chi connectivity index (χ1n) is 7.78. The second-order valence-electron chi connectivity index (χ2n) is 5.81. The van der Waals surface area contributed by atoms with Crippen molar-refractivity contribution in [3.63, 3.8) is 0 Å². The van der Waals surface area contributed by atoms with Crippen LogP contribution in [0, 0.1) is 0 Å². The second kappa shape index (κ2) is 5.42. The van der Waals surface area contributed by atoms with E-state index in [0.717, 1.165) is 35.9 Å². The molecule has 4 N–H and O–H groups in total. The van der Waals surface area contributed by atoms with E-state index in [1.54, 1.807) is 17.3 Å². The number of amides is 2.